The Kier molecular flexibility index (Phi) is 5.13. The van der Waals surface area contributed by atoms with Gasteiger partial charge in [0, 0.05) is 18.7 Å². The fraction of sp³-hybridized carbons (Fsp3) is 0.316. The van der Waals surface area contributed by atoms with Crippen molar-refractivity contribution < 1.29 is 14.6 Å². The monoisotopic (exact) mass is 326 g/mol. The molecule has 2 aromatic rings. The SMILES string of the molecule is COc1ccccc1[C@@H](O)CNC(=O)[C@H]1Cc2ccccc2CN1. The second-order valence-electron chi connectivity index (χ2n) is 5.91. The third-order valence-electron chi connectivity index (χ3n) is 4.37. The van der Waals surface area contributed by atoms with E-state index >= 15 is 0 Å². The molecule has 2 aromatic carbocycles. The van der Waals surface area contributed by atoms with E-state index in [1.807, 2.05) is 24.3 Å². The molecular weight excluding hydrogens is 304 g/mol. The van der Waals surface area contributed by atoms with E-state index in [9.17, 15) is 9.90 Å². The van der Waals surface area contributed by atoms with E-state index in [1.54, 1.807) is 19.2 Å². The Labute approximate surface area is 141 Å². The second-order valence-corrected chi connectivity index (χ2v) is 5.91. The van der Waals surface area contributed by atoms with Crippen LogP contribution >= 0.6 is 0 Å². The molecular formula is C19H22N2O3. The molecule has 0 fully saturated rings. The second kappa shape index (κ2) is 7.47. The highest BCUT2D eigenvalue weighted by Gasteiger charge is 2.24. The largest absolute Gasteiger partial charge is 0.496 e. The van der Waals surface area contributed by atoms with E-state index in [0.29, 0.717) is 24.3 Å². The van der Waals surface area contributed by atoms with Gasteiger partial charge >= 0.3 is 0 Å². The van der Waals surface area contributed by atoms with E-state index in [4.69, 9.17) is 4.74 Å². The summed E-state index contributed by atoms with van der Waals surface area (Å²) in [6, 6.07) is 15.1. The molecule has 0 saturated heterocycles. The summed E-state index contributed by atoms with van der Waals surface area (Å²) >= 11 is 0. The van der Waals surface area contributed by atoms with Gasteiger partial charge in [-0.05, 0) is 23.6 Å². The minimum atomic E-state index is -0.805. The van der Waals surface area contributed by atoms with Crippen molar-refractivity contribution in [2.24, 2.45) is 0 Å². The van der Waals surface area contributed by atoms with Crippen LogP contribution in [0.25, 0.3) is 0 Å². The molecule has 1 amide bonds. The zero-order valence-corrected chi connectivity index (χ0v) is 13.7. The van der Waals surface area contributed by atoms with Gasteiger partial charge < -0.3 is 20.5 Å². The Morgan fingerprint density at radius 3 is 2.75 bits per heavy atom. The third-order valence-corrected chi connectivity index (χ3v) is 4.37. The maximum Gasteiger partial charge on any atom is 0.237 e. The first-order chi connectivity index (χ1) is 11.7. The quantitative estimate of drug-likeness (QED) is 0.780. The van der Waals surface area contributed by atoms with Gasteiger partial charge in [-0.2, -0.15) is 0 Å². The van der Waals surface area contributed by atoms with Crippen LogP contribution in [0.4, 0.5) is 0 Å². The van der Waals surface area contributed by atoms with E-state index < -0.39 is 6.10 Å². The number of benzene rings is 2. The lowest BCUT2D eigenvalue weighted by Crippen LogP contribution is -2.48. The van der Waals surface area contributed by atoms with Crippen LogP contribution in [0.1, 0.15) is 22.8 Å². The summed E-state index contributed by atoms with van der Waals surface area (Å²) in [5, 5.41) is 16.4. The van der Waals surface area contributed by atoms with E-state index in [1.165, 1.54) is 11.1 Å². The molecule has 3 N–H and O–H groups in total. The van der Waals surface area contributed by atoms with Crippen LogP contribution in [0, 0.1) is 0 Å². The Balaban J connectivity index is 1.58. The number of hydrogen-bond acceptors (Lipinski definition) is 4. The summed E-state index contributed by atoms with van der Waals surface area (Å²) in [5.74, 6) is 0.516. The van der Waals surface area contributed by atoms with Crippen LogP contribution in [-0.2, 0) is 17.8 Å². The summed E-state index contributed by atoms with van der Waals surface area (Å²) in [6.45, 7) is 0.836. The average molecular weight is 326 g/mol. The molecule has 3 rings (SSSR count). The van der Waals surface area contributed by atoms with Gasteiger partial charge in [-0.25, -0.2) is 0 Å². The molecule has 0 radical (unpaired) electrons. The van der Waals surface area contributed by atoms with Gasteiger partial charge in [-0.15, -0.1) is 0 Å². The van der Waals surface area contributed by atoms with Crippen molar-refractivity contribution in [3.05, 3.63) is 65.2 Å². The molecule has 24 heavy (non-hydrogen) atoms. The number of methoxy groups -OCH3 is 1. The first-order valence-corrected chi connectivity index (χ1v) is 8.08. The number of carbonyl (C=O) groups excluding carboxylic acids is 1. The number of carbonyl (C=O) groups is 1. The van der Waals surface area contributed by atoms with Gasteiger partial charge in [0.2, 0.25) is 5.91 Å². The fourth-order valence-electron chi connectivity index (χ4n) is 3.01. The number of rotatable bonds is 5. The molecule has 0 aliphatic carbocycles. The van der Waals surface area contributed by atoms with Crippen molar-refractivity contribution >= 4 is 5.91 Å². The third kappa shape index (κ3) is 3.58. The van der Waals surface area contributed by atoms with E-state index in [2.05, 4.69) is 22.8 Å². The van der Waals surface area contributed by atoms with Gasteiger partial charge in [0.15, 0.2) is 0 Å². The summed E-state index contributed by atoms with van der Waals surface area (Å²) in [4.78, 5) is 12.4. The molecule has 2 atom stereocenters. The van der Waals surface area contributed by atoms with Crippen molar-refractivity contribution in [1.29, 1.82) is 0 Å². The average Bonchev–Trinajstić information content (AvgIpc) is 2.65. The van der Waals surface area contributed by atoms with Gasteiger partial charge in [0.1, 0.15) is 5.75 Å². The van der Waals surface area contributed by atoms with Crippen molar-refractivity contribution in [2.45, 2.75) is 25.1 Å². The van der Waals surface area contributed by atoms with Gasteiger partial charge in [-0.3, -0.25) is 4.79 Å². The lowest BCUT2D eigenvalue weighted by molar-refractivity contribution is -0.123. The number of fused-ring (bicyclic) bond motifs is 1. The maximum atomic E-state index is 12.4. The zero-order valence-electron chi connectivity index (χ0n) is 13.7. The molecule has 1 aliphatic heterocycles. The number of para-hydroxylation sites is 1. The van der Waals surface area contributed by atoms with E-state index in [-0.39, 0.29) is 18.5 Å². The summed E-state index contributed by atoms with van der Waals surface area (Å²) < 4.78 is 5.24. The molecule has 0 spiro atoms. The zero-order chi connectivity index (χ0) is 16.9. The number of ether oxygens (including phenoxy) is 1. The van der Waals surface area contributed by atoms with Crippen LogP contribution in [-0.4, -0.2) is 30.7 Å². The highest BCUT2D eigenvalue weighted by Crippen LogP contribution is 2.24. The first-order valence-electron chi connectivity index (χ1n) is 8.08. The molecule has 0 bridgehead atoms. The van der Waals surface area contributed by atoms with Crippen LogP contribution in [0.5, 0.6) is 5.75 Å². The van der Waals surface area contributed by atoms with Crippen LogP contribution in [0.3, 0.4) is 0 Å². The Bertz CT molecular complexity index is 717. The molecule has 0 unspecified atom stereocenters. The summed E-state index contributed by atoms with van der Waals surface area (Å²) in [5.41, 5.74) is 3.10. The minimum Gasteiger partial charge on any atom is -0.496 e. The lowest BCUT2D eigenvalue weighted by Gasteiger charge is -2.26. The molecule has 5 heteroatoms. The molecule has 1 aliphatic rings. The smallest absolute Gasteiger partial charge is 0.237 e. The van der Waals surface area contributed by atoms with Gasteiger partial charge in [-0.1, -0.05) is 42.5 Å². The summed E-state index contributed by atoms with van der Waals surface area (Å²) in [6.07, 6.45) is -0.145. The molecule has 5 nitrogen and oxygen atoms in total. The minimum absolute atomic E-state index is 0.0987. The number of aliphatic hydroxyl groups is 1. The van der Waals surface area contributed by atoms with Crippen LogP contribution in [0.15, 0.2) is 48.5 Å². The van der Waals surface area contributed by atoms with Crippen molar-refractivity contribution in [3.8, 4) is 5.75 Å². The Morgan fingerprint density at radius 2 is 1.96 bits per heavy atom. The van der Waals surface area contributed by atoms with Gasteiger partial charge in [0.25, 0.3) is 0 Å². The topological polar surface area (TPSA) is 70.6 Å². The standard InChI is InChI=1S/C19H22N2O3/c1-24-18-9-5-4-8-15(18)17(22)12-21-19(23)16-10-13-6-2-3-7-14(13)11-20-16/h2-9,16-17,20,22H,10-12H2,1H3,(H,21,23)/t16-,17+/m1/s1. The highest BCUT2D eigenvalue weighted by molar-refractivity contribution is 5.82. The Hall–Kier alpha value is -2.37. The normalized spacial score (nSPS) is 17.7. The maximum absolute atomic E-state index is 12.4. The lowest BCUT2D eigenvalue weighted by atomic mass is 9.95. The number of nitrogens with one attached hydrogen (secondary N) is 2. The highest BCUT2D eigenvalue weighted by atomic mass is 16.5. The number of aliphatic hydroxyl groups excluding tert-OH is 1. The first kappa shape index (κ1) is 16.5. The van der Waals surface area contributed by atoms with Crippen molar-refractivity contribution in [2.75, 3.05) is 13.7 Å². The molecule has 1 heterocycles. The van der Waals surface area contributed by atoms with Crippen LogP contribution < -0.4 is 15.4 Å². The number of hydrogen-bond donors (Lipinski definition) is 3. The molecule has 0 aromatic heterocycles. The van der Waals surface area contributed by atoms with E-state index in [0.717, 1.165) is 0 Å². The van der Waals surface area contributed by atoms with Crippen molar-refractivity contribution in [1.82, 2.24) is 10.6 Å². The number of amides is 1. The predicted octanol–water partition coefficient (Wildman–Crippen LogP) is 1.56. The fourth-order valence-corrected chi connectivity index (χ4v) is 3.01. The summed E-state index contributed by atoms with van der Waals surface area (Å²) in [7, 11) is 1.56. The van der Waals surface area contributed by atoms with Crippen LogP contribution in [0.2, 0.25) is 0 Å². The van der Waals surface area contributed by atoms with Crippen molar-refractivity contribution in [3.63, 3.8) is 0 Å². The van der Waals surface area contributed by atoms with Gasteiger partial charge in [0.05, 0.1) is 19.3 Å². The predicted molar refractivity (Wildman–Crippen MR) is 91.7 cm³/mol. The molecule has 0 saturated carbocycles. The molecule has 126 valence electrons. The Morgan fingerprint density at radius 1 is 1.25 bits per heavy atom.